The van der Waals surface area contributed by atoms with Crippen molar-refractivity contribution in [2.45, 2.75) is 32.4 Å². The molecule has 1 fully saturated rings. The predicted molar refractivity (Wildman–Crippen MR) is 97.0 cm³/mol. The normalized spacial score (nSPS) is 18.3. The molecular weight excluding hydrogens is 314 g/mol. The molecule has 1 atom stereocenters. The first kappa shape index (κ1) is 17.3. The molecule has 0 N–H and O–H groups in total. The van der Waals surface area contributed by atoms with Crippen LogP contribution in [-0.2, 0) is 18.4 Å². The fourth-order valence-corrected chi connectivity index (χ4v) is 3.40. The van der Waals surface area contributed by atoms with Crippen LogP contribution in [0, 0.1) is 0 Å². The van der Waals surface area contributed by atoms with Gasteiger partial charge in [0.25, 0.3) is 5.91 Å². The molecule has 1 aromatic heterocycles. The molecule has 0 aliphatic carbocycles. The maximum atomic E-state index is 12.8. The minimum Gasteiger partial charge on any atom is -0.347 e. The Labute approximate surface area is 148 Å². The second-order valence-electron chi connectivity index (χ2n) is 6.57. The zero-order chi connectivity index (χ0) is 17.8. The number of hydrogen-bond acceptors (Lipinski definition) is 2. The van der Waals surface area contributed by atoms with Gasteiger partial charge in [-0.25, -0.2) is 0 Å². The van der Waals surface area contributed by atoms with Crippen LogP contribution in [0.3, 0.4) is 0 Å². The minimum absolute atomic E-state index is 0.000288. The van der Waals surface area contributed by atoms with Crippen molar-refractivity contribution in [1.82, 2.24) is 14.4 Å². The van der Waals surface area contributed by atoms with Gasteiger partial charge in [-0.05, 0) is 24.1 Å². The third-order valence-electron chi connectivity index (χ3n) is 4.90. The zero-order valence-electron chi connectivity index (χ0n) is 14.9. The molecule has 2 amide bonds. The van der Waals surface area contributed by atoms with Gasteiger partial charge >= 0.3 is 0 Å². The summed E-state index contributed by atoms with van der Waals surface area (Å²) in [5.41, 5.74) is 1.79. The van der Waals surface area contributed by atoms with Gasteiger partial charge in [0.1, 0.15) is 5.69 Å². The molecule has 2 aromatic rings. The van der Waals surface area contributed by atoms with Gasteiger partial charge in [0.05, 0.1) is 0 Å². The maximum Gasteiger partial charge on any atom is 0.270 e. The molecule has 1 aliphatic rings. The monoisotopic (exact) mass is 339 g/mol. The second kappa shape index (κ2) is 7.55. The van der Waals surface area contributed by atoms with Gasteiger partial charge in [-0.1, -0.05) is 37.3 Å². The molecule has 0 saturated carbocycles. The van der Waals surface area contributed by atoms with Gasteiger partial charge in [0, 0.05) is 45.3 Å². The Morgan fingerprint density at radius 3 is 2.56 bits per heavy atom. The molecule has 2 heterocycles. The van der Waals surface area contributed by atoms with E-state index in [1.165, 1.54) is 0 Å². The summed E-state index contributed by atoms with van der Waals surface area (Å²) in [5, 5.41) is 0. The standard InChI is InChI=1S/C20H25N3O2/c1-3-17-15-22(20(25)18-10-7-12-21(18)2)13-11-19(24)23(17)14-16-8-5-4-6-9-16/h4-10,12,17H,3,11,13-15H2,1-2H3. The van der Waals surface area contributed by atoms with E-state index in [2.05, 4.69) is 6.92 Å². The van der Waals surface area contributed by atoms with Crippen LogP contribution >= 0.6 is 0 Å². The first-order valence-corrected chi connectivity index (χ1v) is 8.84. The lowest BCUT2D eigenvalue weighted by Gasteiger charge is -2.31. The molecule has 1 aliphatic heterocycles. The van der Waals surface area contributed by atoms with E-state index in [0.717, 1.165) is 12.0 Å². The van der Waals surface area contributed by atoms with E-state index in [4.69, 9.17) is 0 Å². The lowest BCUT2D eigenvalue weighted by atomic mass is 10.1. The lowest BCUT2D eigenvalue weighted by molar-refractivity contribution is -0.133. The molecule has 1 saturated heterocycles. The van der Waals surface area contributed by atoms with Gasteiger partial charge in [-0.2, -0.15) is 0 Å². The summed E-state index contributed by atoms with van der Waals surface area (Å²) in [6, 6.07) is 13.8. The quantitative estimate of drug-likeness (QED) is 0.860. The lowest BCUT2D eigenvalue weighted by Crippen LogP contribution is -2.44. The van der Waals surface area contributed by atoms with Crippen LogP contribution in [0.15, 0.2) is 48.7 Å². The van der Waals surface area contributed by atoms with Crippen molar-refractivity contribution in [3.63, 3.8) is 0 Å². The van der Waals surface area contributed by atoms with E-state index in [0.29, 0.717) is 31.7 Å². The number of aromatic nitrogens is 1. The SMILES string of the molecule is CCC1CN(C(=O)c2cccn2C)CCC(=O)N1Cc1ccccc1. The third-order valence-corrected chi connectivity index (χ3v) is 4.90. The fraction of sp³-hybridized carbons (Fsp3) is 0.400. The topological polar surface area (TPSA) is 45.6 Å². The molecule has 132 valence electrons. The van der Waals surface area contributed by atoms with Crippen LogP contribution in [0.5, 0.6) is 0 Å². The Hall–Kier alpha value is -2.56. The average molecular weight is 339 g/mol. The van der Waals surface area contributed by atoms with Crippen molar-refractivity contribution in [2.75, 3.05) is 13.1 Å². The molecule has 1 unspecified atom stereocenters. The highest BCUT2D eigenvalue weighted by Crippen LogP contribution is 2.19. The van der Waals surface area contributed by atoms with Gasteiger partial charge in [0.15, 0.2) is 0 Å². The molecule has 5 nitrogen and oxygen atoms in total. The highest BCUT2D eigenvalue weighted by Gasteiger charge is 2.31. The summed E-state index contributed by atoms with van der Waals surface area (Å²) in [7, 11) is 1.87. The number of nitrogens with zero attached hydrogens (tertiary/aromatic N) is 3. The van der Waals surface area contributed by atoms with Crippen molar-refractivity contribution in [2.24, 2.45) is 7.05 Å². The van der Waals surface area contributed by atoms with Crippen LogP contribution in [0.4, 0.5) is 0 Å². The first-order chi connectivity index (χ1) is 12.1. The number of benzene rings is 1. The van der Waals surface area contributed by atoms with Crippen molar-refractivity contribution in [3.8, 4) is 0 Å². The van der Waals surface area contributed by atoms with Crippen molar-refractivity contribution in [1.29, 1.82) is 0 Å². The third kappa shape index (κ3) is 3.76. The Morgan fingerprint density at radius 2 is 1.92 bits per heavy atom. The van der Waals surface area contributed by atoms with Gasteiger partial charge in [0.2, 0.25) is 5.91 Å². The van der Waals surface area contributed by atoms with Crippen LogP contribution in [0.25, 0.3) is 0 Å². The summed E-state index contributed by atoms with van der Waals surface area (Å²) in [6.45, 7) is 3.74. The van der Waals surface area contributed by atoms with Crippen molar-refractivity contribution >= 4 is 11.8 Å². The summed E-state index contributed by atoms with van der Waals surface area (Å²) in [4.78, 5) is 29.3. The number of carbonyl (C=O) groups is 2. The largest absolute Gasteiger partial charge is 0.347 e. The van der Waals surface area contributed by atoms with Gasteiger partial charge in [-0.15, -0.1) is 0 Å². The molecule has 3 rings (SSSR count). The predicted octanol–water partition coefficient (Wildman–Crippen LogP) is 2.68. The summed E-state index contributed by atoms with van der Waals surface area (Å²) >= 11 is 0. The maximum absolute atomic E-state index is 12.8. The fourth-order valence-electron chi connectivity index (χ4n) is 3.40. The second-order valence-corrected chi connectivity index (χ2v) is 6.57. The van der Waals surface area contributed by atoms with Crippen LogP contribution in [0.1, 0.15) is 35.8 Å². The van der Waals surface area contributed by atoms with Crippen LogP contribution in [-0.4, -0.2) is 45.3 Å². The molecule has 1 aromatic carbocycles. The molecule has 0 radical (unpaired) electrons. The van der Waals surface area contributed by atoms with Crippen LogP contribution in [0.2, 0.25) is 0 Å². The molecule has 25 heavy (non-hydrogen) atoms. The van der Waals surface area contributed by atoms with E-state index < -0.39 is 0 Å². The molecule has 0 spiro atoms. The van der Waals surface area contributed by atoms with E-state index >= 15 is 0 Å². The van der Waals surface area contributed by atoms with E-state index in [1.807, 2.05) is 70.1 Å². The zero-order valence-corrected chi connectivity index (χ0v) is 14.9. The summed E-state index contributed by atoms with van der Waals surface area (Å²) in [5.74, 6) is 0.123. The van der Waals surface area contributed by atoms with Crippen LogP contribution < -0.4 is 0 Å². The highest BCUT2D eigenvalue weighted by molar-refractivity contribution is 5.93. The number of aryl methyl sites for hydroxylation is 1. The average Bonchev–Trinajstić information content (AvgIpc) is 2.99. The Kier molecular flexibility index (Phi) is 5.22. The summed E-state index contributed by atoms with van der Waals surface area (Å²) < 4.78 is 1.83. The number of hydrogen-bond donors (Lipinski definition) is 0. The van der Waals surface area contributed by atoms with Crippen molar-refractivity contribution < 1.29 is 9.59 Å². The van der Waals surface area contributed by atoms with E-state index in [9.17, 15) is 9.59 Å². The molecular formula is C20H25N3O2. The smallest absolute Gasteiger partial charge is 0.270 e. The molecule has 0 bridgehead atoms. The Bertz CT molecular complexity index is 738. The van der Waals surface area contributed by atoms with E-state index in [-0.39, 0.29) is 17.9 Å². The van der Waals surface area contributed by atoms with Gasteiger partial charge < -0.3 is 14.4 Å². The first-order valence-electron chi connectivity index (χ1n) is 8.84. The Morgan fingerprint density at radius 1 is 1.16 bits per heavy atom. The number of carbonyl (C=O) groups excluding carboxylic acids is 2. The van der Waals surface area contributed by atoms with E-state index in [1.54, 1.807) is 0 Å². The molecule has 5 heteroatoms. The number of rotatable bonds is 4. The van der Waals surface area contributed by atoms with Gasteiger partial charge in [-0.3, -0.25) is 9.59 Å². The Balaban J connectivity index is 1.79. The highest BCUT2D eigenvalue weighted by atomic mass is 16.2. The van der Waals surface area contributed by atoms with Crippen molar-refractivity contribution in [3.05, 3.63) is 59.9 Å². The minimum atomic E-state index is 0.000288. The summed E-state index contributed by atoms with van der Waals surface area (Å²) in [6.07, 6.45) is 3.07. The number of amides is 2.